The smallest absolute Gasteiger partial charge is 0.265 e. The van der Waals surface area contributed by atoms with Crippen molar-refractivity contribution in [1.82, 2.24) is 9.97 Å². The lowest BCUT2D eigenvalue weighted by Crippen LogP contribution is -2.14. The SMILES string of the molecule is CC(C)(C)c1csc(Nc2ccc(S(=O)(=O)Nc3nccs3)c(N)c2)n1. The molecule has 3 rings (SSSR count). The Kier molecular flexibility index (Phi) is 4.91. The third kappa shape index (κ3) is 4.14. The maximum absolute atomic E-state index is 12.4. The summed E-state index contributed by atoms with van der Waals surface area (Å²) in [5.41, 5.74) is 7.75. The molecule has 3 aromatic rings. The molecule has 2 aromatic heterocycles. The Hall–Kier alpha value is -2.17. The molecule has 10 heteroatoms. The van der Waals surface area contributed by atoms with Crippen molar-refractivity contribution in [2.45, 2.75) is 31.1 Å². The molecule has 0 saturated carbocycles. The van der Waals surface area contributed by atoms with Crippen LogP contribution in [0.1, 0.15) is 26.5 Å². The third-order valence-corrected chi connectivity index (χ3v) is 6.47. The van der Waals surface area contributed by atoms with Crippen LogP contribution in [0.15, 0.2) is 40.1 Å². The van der Waals surface area contributed by atoms with E-state index in [-0.39, 0.29) is 16.0 Å². The second-order valence-corrected chi connectivity index (χ2v) is 10.0. The number of nitrogen functional groups attached to an aromatic ring is 1. The van der Waals surface area contributed by atoms with Crippen LogP contribution in [-0.4, -0.2) is 18.4 Å². The van der Waals surface area contributed by atoms with Gasteiger partial charge in [0.1, 0.15) is 4.90 Å². The number of hydrogen-bond acceptors (Lipinski definition) is 8. The van der Waals surface area contributed by atoms with Crippen molar-refractivity contribution in [2.75, 3.05) is 15.8 Å². The Morgan fingerprint density at radius 3 is 2.50 bits per heavy atom. The second-order valence-electron chi connectivity index (χ2n) is 6.61. The van der Waals surface area contributed by atoms with E-state index in [1.807, 2.05) is 5.38 Å². The first-order valence-corrected chi connectivity index (χ1v) is 10.9. The largest absolute Gasteiger partial charge is 0.398 e. The number of sulfonamides is 1. The first kappa shape index (κ1) is 18.6. The molecule has 0 aliphatic carbocycles. The summed E-state index contributed by atoms with van der Waals surface area (Å²) in [6.07, 6.45) is 1.53. The molecule has 0 amide bonds. The molecule has 0 saturated heterocycles. The van der Waals surface area contributed by atoms with E-state index in [2.05, 4.69) is 40.8 Å². The quantitative estimate of drug-likeness (QED) is 0.549. The van der Waals surface area contributed by atoms with Gasteiger partial charge in [0.05, 0.1) is 11.4 Å². The van der Waals surface area contributed by atoms with Crippen molar-refractivity contribution in [3.8, 4) is 0 Å². The van der Waals surface area contributed by atoms with E-state index in [0.717, 1.165) is 10.8 Å². The van der Waals surface area contributed by atoms with Crippen LogP contribution >= 0.6 is 22.7 Å². The Balaban J connectivity index is 1.80. The van der Waals surface area contributed by atoms with E-state index in [1.165, 1.54) is 34.9 Å². The van der Waals surface area contributed by atoms with Crippen LogP contribution in [0.5, 0.6) is 0 Å². The van der Waals surface area contributed by atoms with Gasteiger partial charge < -0.3 is 11.1 Å². The Morgan fingerprint density at radius 2 is 1.92 bits per heavy atom. The highest BCUT2D eigenvalue weighted by molar-refractivity contribution is 7.93. The molecule has 0 aliphatic heterocycles. The van der Waals surface area contributed by atoms with Crippen molar-refractivity contribution in [3.05, 3.63) is 40.8 Å². The lowest BCUT2D eigenvalue weighted by atomic mass is 9.93. The molecule has 0 bridgehead atoms. The minimum absolute atomic E-state index is 0.00719. The zero-order valence-electron chi connectivity index (χ0n) is 14.5. The number of anilines is 4. The summed E-state index contributed by atoms with van der Waals surface area (Å²) in [5.74, 6) is 0. The molecule has 26 heavy (non-hydrogen) atoms. The fourth-order valence-electron chi connectivity index (χ4n) is 2.11. The van der Waals surface area contributed by atoms with E-state index < -0.39 is 10.0 Å². The molecule has 0 spiro atoms. The average molecular weight is 410 g/mol. The molecule has 0 unspecified atom stereocenters. The Morgan fingerprint density at radius 1 is 1.15 bits per heavy atom. The number of nitrogens with one attached hydrogen (secondary N) is 2. The number of nitrogens with zero attached hydrogens (tertiary/aromatic N) is 2. The zero-order chi connectivity index (χ0) is 18.9. The van der Waals surface area contributed by atoms with Gasteiger partial charge in [-0.3, -0.25) is 4.72 Å². The molecule has 0 atom stereocenters. The summed E-state index contributed by atoms with van der Waals surface area (Å²) >= 11 is 2.69. The lowest BCUT2D eigenvalue weighted by molar-refractivity contribution is 0.573. The van der Waals surface area contributed by atoms with E-state index in [9.17, 15) is 8.42 Å². The predicted molar refractivity (Wildman–Crippen MR) is 108 cm³/mol. The van der Waals surface area contributed by atoms with E-state index in [1.54, 1.807) is 17.5 Å². The number of benzene rings is 1. The highest BCUT2D eigenvalue weighted by Gasteiger charge is 2.20. The molecule has 1 aromatic carbocycles. The van der Waals surface area contributed by atoms with Gasteiger partial charge in [-0.1, -0.05) is 20.8 Å². The standard InChI is InChI=1S/C16H19N5O2S3/c1-16(2,3)13-9-25-15(20-13)19-10-4-5-12(11(17)8-10)26(22,23)21-14-18-6-7-24-14/h4-9H,17H2,1-3H3,(H,18,21)(H,19,20). The average Bonchev–Trinajstić information content (AvgIpc) is 3.17. The molecule has 0 radical (unpaired) electrons. The van der Waals surface area contributed by atoms with Crippen LogP contribution < -0.4 is 15.8 Å². The molecule has 138 valence electrons. The minimum atomic E-state index is -3.79. The van der Waals surface area contributed by atoms with Crippen LogP contribution in [0.2, 0.25) is 0 Å². The van der Waals surface area contributed by atoms with Crippen molar-refractivity contribution < 1.29 is 8.42 Å². The molecule has 7 nitrogen and oxygen atoms in total. The highest BCUT2D eigenvalue weighted by Crippen LogP contribution is 2.30. The van der Waals surface area contributed by atoms with Gasteiger partial charge >= 0.3 is 0 Å². The molecule has 0 aliphatic rings. The van der Waals surface area contributed by atoms with Gasteiger partial charge in [-0.2, -0.15) is 0 Å². The highest BCUT2D eigenvalue weighted by atomic mass is 32.2. The normalized spacial score (nSPS) is 12.1. The number of rotatable bonds is 5. The monoisotopic (exact) mass is 409 g/mol. The number of nitrogens with two attached hydrogens (primary N) is 1. The zero-order valence-corrected chi connectivity index (χ0v) is 16.9. The Labute approximate surface area is 160 Å². The summed E-state index contributed by atoms with van der Waals surface area (Å²) < 4.78 is 27.3. The third-order valence-electron chi connectivity index (χ3n) is 3.48. The van der Waals surface area contributed by atoms with Crippen molar-refractivity contribution >= 4 is 54.3 Å². The van der Waals surface area contributed by atoms with Gasteiger partial charge in [0.25, 0.3) is 10.0 Å². The predicted octanol–water partition coefficient (Wildman–Crippen LogP) is 4.02. The summed E-state index contributed by atoms with van der Waals surface area (Å²) in [7, 11) is -3.79. The molecule has 0 fully saturated rings. The summed E-state index contributed by atoms with van der Waals surface area (Å²) in [6.45, 7) is 6.29. The first-order chi connectivity index (χ1) is 12.1. The van der Waals surface area contributed by atoms with Crippen LogP contribution in [0.25, 0.3) is 0 Å². The lowest BCUT2D eigenvalue weighted by Gasteiger charge is -2.14. The fourth-order valence-corrected chi connectivity index (χ4v) is 4.97. The van der Waals surface area contributed by atoms with Crippen LogP contribution in [-0.2, 0) is 15.4 Å². The number of hydrogen-bond donors (Lipinski definition) is 3. The van der Waals surface area contributed by atoms with Gasteiger partial charge in [-0.25, -0.2) is 18.4 Å². The van der Waals surface area contributed by atoms with Crippen molar-refractivity contribution in [3.63, 3.8) is 0 Å². The van der Waals surface area contributed by atoms with E-state index in [0.29, 0.717) is 10.8 Å². The second kappa shape index (κ2) is 6.86. The van der Waals surface area contributed by atoms with Gasteiger partial charge in [0.15, 0.2) is 10.3 Å². The summed E-state index contributed by atoms with van der Waals surface area (Å²) in [6, 6.07) is 4.70. The fraction of sp³-hybridized carbons (Fsp3) is 0.250. The van der Waals surface area contributed by atoms with Crippen LogP contribution in [0.3, 0.4) is 0 Å². The van der Waals surface area contributed by atoms with Crippen LogP contribution in [0, 0.1) is 0 Å². The molecule has 4 N–H and O–H groups in total. The van der Waals surface area contributed by atoms with Crippen LogP contribution in [0.4, 0.5) is 21.6 Å². The first-order valence-electron chi connectivity index (χ1n) is 7.70. The van der Waals surface area contributed by atoms with Gasteiger partial charge in [-0.15, -0.1) is 22.7 Å². The van der Waals surface area contributed by atoms with Gasteiger partial charge in [0, 0.05) is 28.1 Å². The van der Waals surface area contributed by atoms with Gasteiger partial charge in [-0.05, 0) is 18.2 Å². The summed E-state index contributed by atoms with van der Waals surface area (Å²) in [4.78, 5) is 8.48. The van der Waals surface area contributed by atoms with Crippen molar-refractivity contribution in [2.24, 2.45) is 0 Å². The van der Waals surface area contributed by atoms with E-state index >= 15 is 0 Å². The van der Waals surface area contributed by atoms with Crippen molar-refractivity contribution in [1.29, 1.82) is 0 Å². The maximum atomic E-state index is 12.4. The summed E-state index contributed by atoms with van der Waals surface area (Å²) in [5, 5.41) is 7.88. The minimum Gasteiger partial charge on any atom is -0.398 e. The molecular weight excluding hydrogens is 390 g/mol. The Bertz CT molecular complexity index is 1000. The number of aromatic nitrogens is 2. The van der Waals surface area contributed by atoms with Gasteiger partial charge in [0.2, 0.25) is 0 Å². The van der Waals surface area contributed by atoms with E-state index in [4.69, 9.17) is 5.73 Å². The topological polar surface area (TPSA) is 110 Å². The number of thiazole rings is 2. The maximum Gasteiger partial charge on any atom is 0.265 e. The molecule has 2 heterocycles. The molecular formula is C16H19N5O2S3.